The summed E-state index contributed by atoms with van der Waals surface area (Å²) in [5.41, 5.74) is 4.55. The molecule has 8 heteroatoms. The summed E-state index contributed by atoms with van der Waals surface area (Å²) in [6, 6.07) is 1.49. The molecule has 0 fully saturated rings. The number of hydrogen-bond acceptors (Lipinski definition) is 5. The van der Waals surface area contributed by atoms with Crippen LogP contribution in [0.25, 0.3) is 0 Å². The van der Waals surface area contributed by atoms with Crippen molar-refractivity contribution in [2.24, 2.45) is 0 Å². The first-order valence-corrected chi connectivity index (χ1v) is 6.20. The highest BCUT2D eigenvalue weighted by Crippen LogP contribution is 2.18. The van der Waals surface area contributed by atoms with Gasteiger partial charge in [0.05, 0.1) is 11.3 Å². The minimum absolute atomic E-state index is 0.0411. The fourth-order valence-electron chi connectivity index (χ4n) is 1.74. The lowest BCUT2D eigenvalue weighted by Gasteiger charge is -2.10. The fourth-order valence-corrected chi connectivity index (χ4v) is 1.74. The molecule has 0 amide bonds. The third-order valence-electron chi connectivity index (χ3n) is 2.78. The van der Waals surface area contributed by atoms with Gasteiger partial charge in [-0.3, -0.25) is 0 Å². The molecule has 6 nitrogen and oxygen atoms in total. The number of nitrogens with two attached hydrogens (primary N) is 1. The average Bonchev–Trinajstić information content (AvgIpc) is 2.88. The molecule has 21 heavy (non-hydrogen) atoms. The van der Waals surface area contributed by atoms with Gasteiger partial charge in [0.15, 0.2) is 12.4 Å². The highest BCUT2D eigenvalue weighted by Gasteiger charge is 2.18. The SMILES string of the molecule is CC(C)n1ncnc1COC(=O)c1cc(N)c(F)cc1F. The molecule has 0 spiro atoms. The van der Waals surface area contributed by atoms with Crippen LogP contribution in [0.5, 0.6) is 0 Å². The Hall–Kier alpha value is -2.51. The number of hydrogen-bond donors (Lipinski definition) is 1. The van der Waals surface area contributed by atoms with E-state index in [4.69, 9.17) is 10.5 Å². The number of nitrogens with zero attached hydrogens (tertiary/aromatic N) is 3. The van der Waals surface area contributed by atoms with E-state index in [1.807, 2.05) is 13.8 Å². The largest absolute Gasteiger partial charge is 0.454 e. The molecule has 1 aromatic carbocycles. The maximum absolute atomic E-state index is 13.5. The fraction of sp³-hybridized carbons (Fsp3) is 0.308. The van der Waals surface area contributed by atoms with Gasteiger partial charge in [0.2, 0.25) is 0 Å². The first kappa shape index (κ1) is 14.9. The molecule has 112 valence electrons. The molecular weight excluding hydrogens is 282 g/mol. The summed E-state index contributed by atoms with van der Waals surface area (Å²) in [6.07, 6.45) is 1.33. The van der Waals surface area contributed by atoms with Crippen LogP contribution in [0.2, 0.25) is 0 Å². The molecule has 0 aliphatic heterocycles. The van der Waals surface area contributed by atoms with Crippen LogP contribution in [0.3, 0.4) is 0 Å². The molecule has 0 saturated carbocycles. The lowest BCUT2D eigenvalue weighted by Crippen LogP contribution is -2.13. The number of aromatic nitrogens is 3. The Morgan fingerprint density at radius 3 is 2.76 bits per heavy atom. The number of carbonyl (C=O) groups is 1. The summed E-state index contributed by atoms with van der Waals surface area (Å²) in [5.74, 6) is -2.48. The van der Waals surface area contributed by atoms with E-state index in [1.165, 1.54) is 6.33 Å². The Morgan fingerprint density at radius 1 is 1.38 bits per heavy atom. The zero-order valence-corrected chi connectivity index (χ0v) is 11.5. The molecule has 0 bridgehead atoms. The molecule has 0 aliphatic carbocycles. The smallest absolute Gasteiger partial charge is 0.341 e. The molecule has 0 aliphatic rings. The van der Waals surface area contributed by atoms with Crippen molar-refractivity contribution in [3.8, 4) is 0 Å². The first-order valence-electron chi connectivity index (χ1n) is 6.20. The standard InChI is InChI=1S/C13H14F2N4O2/c1-7(2)19-12(17-6-18-19)5-21-13(20)8-3-11(16)10(15)4-9(8)14/h3-4,6-7H,5,16H2,1-2H3. The van der Waals surface area contributed by atoms with E-state index in [2.05, 4.69) is 10.1 Å². The molecule has 0 unspecified atom stereocenters. The van der Waals surface area contributed by atoms with Crippen LogP contribution >= 0.6 is 0 Å². The molecule has 0 saturated heterocycles. The van der Waals surface area contributed by atoms with Crippen molar-refractivity contribution in [2.45, 2.75) is 26.5 Å². The van der Waals surface area contributed by atoms with Crippen LogP contribution in [-0.4, -0.2) is 20.7 Å². The minimum atomic E-state index is -1.03. The van der Waals surface area contributed by atoms with Crippen molar-refractivity contribution in [3.05, 3.63) is 41.5 Å². The molecule has 0 radical (unpaired) electrons. The zero-order valence-electron chi connectivity index (χ0n) is 11.5. The van der Waals surface area contributed by atoms with Gasteiger partial charge in [0, 0.05) is 12.1 Å². The minimum Gasteiger partial charge on any atom is -0.454 e. The van der Waals surface area contributed by atoms with Crippen molar-refractivity contribution in [1.82, 2.24) is 14.8 Å². The second-order valence-electron chi connectivity index (χ2n) is 4.64. The Morgan fingerprint density at radius 2 is 2.10 bits per heavy atom. The molecule has 2 aromatic rings. The number of ether oxygens (including phenoxy) is 1. The summed E-state index contributed by atoms with van der Waals surface area (Å²) in [5, 5.41) is 3.98. The highest BCUT2D eigenvalue weighted by atomic mass is 19.1. The van der Waals surface area contributed by atoms with Crippen molar-refractivity contribution >= 4 is 11.7 Å². The summed E-state index contributed by atoms with van der Waals surface area (Å²) in [7, 11) is 0. The molecule has 0 atom stereocenters. The maximum atomic E-state index is 13.5. The number of benzene rings is 1. The van der Waals surface area contributed by atoms with Crippen molar-refractivity contribution in [1.29, 1.82) is 0 Å². The van der Waals surface area contributed by atoms with Gasteiger partial charge in [-0.25, -0.2) is 23.2 Å². The van der Waals surface area contributed by atoms with Crippen LogP contribution in [0.15, 0.2) is 18.5 Å². The van der Waals surface area contributed by atoms with E-state index in [9.17, 15) is 13.6 Å². The lowest BCUT2D eigenvalue weighted by atomic mass is 10.2. The van der Waals surface area contributed by atoms with Gasteiger partial charge in [0.1, 0.15) is 18.0 Å². The van der Waals surface area contributed by atoms with E-state index < -0.39 is 23.2 Å². The predicted molar refractivity (Wildman–Crippen MR) is 70.3 cm³/mol. The first-order chi connectivity index (χ1) is 9.90. The number of anilines is 1. The molecule has 1 heterocycles. The van der Waals surface area contributed by atoms with Crippen LogP contribution in [0, 0.1) is 11.6 Å². The van der Waals surface area contributed by atoms with Crippen LogP contribution < -0.4 is 5.73 Å². The lowest BCUT2D eigenvalue weighted by molar-refractivity contribution is 0.0449. The monoisotopic (exact) mass is 296 g/mol. The molecule has 2 N–H and O–H groups in total. The van der Waals surface area contributed by atoms with E-state index in [1.54, 1.807) is 4.68 Å². The van der Waals surface area contributed by atoms with Gasteiger partial charge in [-0.15, -0.1) is 0 Å². The third-order valence-corrected chi connectivity index (χ3v) is 2.78. The van der Waals surface area contributed by atoms with Gasteiger partial charge in [-0.05, 0) is 19.9 Å². The summed E-state index contributed by atoms with van der Waals surface area (Å²) in [4.78, 5) is 15.8. The van der Waals surface area contributed by atoms with Crippen molar-refractivity contribution < 1.29 is 18.3 Å². The number of esters is 1. The Balaban J connectivity index is 2.12. The normalized spacial score (nSPS) is 10.9. The average molecular weight is 296 g/mol. The number of carbonyl (C=O) groups excluding carboxylic acids is 1. The van der Waals surface area contributed by atoms with Gasteiger partial charge in [0.25, 0.3) is 0 Å². The van der Waals surface area contributed by atoms with E-state index in [-0.39, 0.29) is 18.3 Å². The molecular formula is C13H14F2N4O2. The summed E-state index contributed by atoms with van der Waals surface area (Å²) in [6.45, 7) is 3.61. The quantitative estimate of drug-likeness (QED) is 0.690. The van der Waals surface area contributed by atoms with Gasteiger partial charge in [-0.2, -0.15) is 5.10 Å². The van der Waals surface area contributed by atoms with Crippen LogP contribution in [0.1, 0.15) is 36.1 Å². The van der Waals surface area contributed by atoms with Crippen LogP contribution in [0.4, 0.5) is 14.5 Å². The number of rotatable bonds is 4. The van der Waals surface area contributed by atoms with Gasteiger partial charge < -0.3 is 10.5 Å². The zero-order chi connectivity index (χ0) is 15.6. The van der Waals surface area contributed by atoms with Crippen molar-refractivity contribution in [2.75, 3.05) is 5.73 Å². The molecule has 1 aromatic heterocycles. The highest BCUT2D eigenvalue weighted by molar-refractivity contribution is 5.90. The Bertz CT molecular complexity index is 670. The Kier molecular flexibility index (Phi) is 4.15. The van der Waals surface area contributed by atoms with Crippen molar-refractivity contribution in [3.63, 3.8) is 0 Å². The number of halogens is 2. The van der Waals surface area contributed by atoms with E-state index in [0.717, 1.165) is 6.07 Å². The third kappa shape index (κ3) is 3.15. The van der Waals surface area contributed by atoms with Crippen LogP contribution in [-0.2, 0) is 11.3 Å². The summed E-state index contributed by atoms with van der Waals surface area (Å²) >= 11 is 0. The number of nitrogen functional groups attached to an aromatic ring is 1. The summed E-state index contributed by atoms with van der Waals surface area (Å²) < 4.78 is 33.1. The second-order valence-corrected chi connectivity index (χ2v) is 4.64. The van der Waals surface area contributed by atoms with E-state index >= 15 is 0 Å². The predicted octanol–water partition coefficient (Wildman–Crippen LogP) is 2.08. The van der Waals surface area contributed by atoms with Gasteiger partial charge >= 0.3 is 5.97 Å². The van der Waals surface area contributed by atoms with E-state index in [0.29, 0.717) is 11.9 Å². The molecule has 2 rings (SSSR count). The Labute approximate surface area is 119 Å². The maximum Gasteiger partial charge on any atom is 0.341 e. The second kappa shape index (κ2) is 5.86. The van der Waals surface area contributed by atoms with Gasteiger partial charge in [-0.1, -0.05) is 0 Å². The topological polar surface area (TPSA) is 83.0 Å².